The van der Waals surface area contributed by atoms with E-state index < -0.39 is 0 Å². The molecule has 2 atom stereocenters. The normalized spacial score (nSPS) is 11.0. The number of benzene rings is 1. The van der Waals surface area contributed by atoms with Crippen LogP contribution in [0.2, 0.25) is 0 Å². The number of carbonyl (C=O) groups is 1. The third-order valence-corrected chi connectivity index (χ3v) is 3.50. The van der Waals surface area contributed by atoms with E-state index in [4.69, 9.17) is 5.26 Å². The molecule has 2 nitrogen and oxygen atoms in total. The molecule has 0 N–H and O–H groups in total. The lowest BCUT2D eigenvalue weighted by atomic mass is 9.89. The number of rotatable bonds is 4. The summed E-state index contributed by atoms with van der Waals surface area (Å²) < 4.78 is 0. The van der Waals surface area contributed by atoms with Crippen molar-refractivity contribution >= 4 is 5.78 Å². The molecule has 0 amide bonds. The van der Waals surface area contributed by atoms with Crippen LogP contribution in [-0.2, 0) is 4.79 Å². The van der Waals surface area contributed by atoms with Crippen molar-refractivity contribution < 1.29 is 4.79 Å². The van der Waals surface area contributed by atoms with E-state index in [0.29, 0.717) is 18.1 Å². The first kappa shape index (κ1) is 26.3. The van der Waals surface area contributed by atoms with Gasteiger partial charge in [-0.1, -0.05) is 73.9 Å². The van der Waals surface area contributed by atoms with Crippen LogP contribution in [0.4, 0.5) is 0 Å². The summed E-state index contributed by atoms with van der Waals surface area (Å²) in [5, 5.41) is 8.41. The van der Waals surface area contributed by atoms with Crippen LogP contribution in [0.25, 0.3) is 0 Å². The molecule has 0 aliphatic rings. The number of carbonyl (C=O) groups excluding carboxylic acids is 1. The zero-order valence-corrected chi connectivity index (χ0v) is 16.7. The van der Waals surface area contributed by atoms with Gasteiger partial charge in [-0.25, -0.2) is 0 Å². The quantitative estimate of drug-likeness (QED) is 0.630. The van der Waals surface area contributed by atoms with Crippen LogP contribution in [0.15, 0.2) is 24.3 Å². The summed E-state index contributed by atoms with van der Waals surface area (Å²) in [6.45, 7) is 18.2. The maximum absolute atomic E-state index is 11.1. The van der Waals surface area contributed by atoms with Gasteiger partial charge >= 0.3 is 0 Å². The summed E-state index contributed by atoms with van der Waals surface area (Å²) in [5.74, 6) is 1.21. The van der Waals surface area contributed by atoms with Crippen LogP contribution in [0.3, 0.4) is 0 Å². The molecule has 0 spiro atoms. The fourth-order valence-electron chi connectivity index (χ4n) is 1.71. The van der Waals surface area contributed by atoms with E-state index in [0.717, 1.165) is 17.5 Å². The molecule has 1 rings (SSSR count). The van der Waals surface area contributed by atoms with Crippen LogP contribution >= 0.6 is 0 Å². The molecule has 0 aromatic heterocycles. The average Bonchev–Trinajstić information content (AvgIpc) is 2.63. The topological polar surface area (TPSA) is 40.9 Å². The molecule has 0 aliphatic carbocycles. The second-order valence-corrected chi connectivity index (χ2v) is 4.98. The number of aryl methyl sites for hydroxylation is 1. The standard InChI is InChI=1S/C9H18O.C8H7N.2C2H6/c1-5-7(3)8(4)9(10)6-2;1-7-3-2-4-8(5-7)6-9;2*1-2/h7-8H,5-6H2,1-4H3;2-5H,1H3;2*1-2H3. The predicted octanol–water partition coefficient (Wildman–Crippen LogP) is 6.57. The zero-order chi connectivity index (χ0) is 18.8. The molecule has 0 fully saturated rings. The Kier molecular flexibility index (Phi) is 21.1. The van der Waals surface area contributed by atoms with Gasteiger partial charge in [0.05, 0.1) is 11.6 Å². The van der Waals surface area contributed by atoms with E-state index in [2.05, 4.69) is 19.9 Å². The number of ketones is 1. The first-order chi connectivity index (χ1) is 11.0. The maximum atomic E-state index is 11.1. The molecular weight excluding hydrogens is 282 g/mol. The van der Waals surface area contributed by atoms with Gasteiger partial charge in [-0.05, 0) is 30.5 Å². The SMILES string of the molecule is CC.CC.CCC(=O)C(C)C(C)CC.Cc1cccc(C#N)c1. The first-order valence-electron chi connectivity index (χ1n) is 8.95. The van der Waals surface area contributed by atoms with E-state index in [1.807, 2.05) is 66.7 Å². The molecule has 2 unspecified atom stereocenters. The molecule has 0 heterocycles. The molecule has 0 aliphatic heterocycles. The molecule has 23 heavy (non-hydrogen) atoms. The third kappa shape index (κ3) is 13.7. The predicted molar refractivity (Wildman–Crippen MR) is 103 cm³/mol. The lowest BCUT2D eigenvalue weighted by Crippen LogP contribution is -2.17. The Balaban J connectivity index is -0.000000286. The van der Waals surface area contributed by atoms with E-state index in [1.165, 1.54) is 0 Å². The lowest BCUT2D eigenvalue weighted by Gasteiger charge is -2.15. The fraction of sp³-hybridized carbons (Fsp3) is 0.619. The minimum Gasteiger partial charge on any atom is -0.299 e. The van der Waals surface area contributed by atoms with E-state index >= 15 is 0 Å². The highest BCUT2D eigenvalue weighted by Crippen LogP contribution is 2.16. The Morgan fingerprint density at radius 2 is 1.65 bits per heavy atom. The molecule has 0 saturated carbocycles. The summed E-state index contributed by atoms with van der Waals surface area (Å²) in [6, 6.07) is 9.58. The van der Waals surface area contributed by atoms with Gasteiger partial charge in [-0.15, -0.1) is 0 Å². The van der Waals surface area contributed by atoms with Gasteiger partial charge in [0.2, 0.25) is 0 Å². The molecule has 132 valence electrons. The minimum absolute atomic E-state index is 0.259. The van der Waals surface area contributed by atoms with E-state index in [-0.39, 0.29) is 5.92 Å². The maximum Gasteiger partial charge on any atom is 0.135 e. The van der Waals surface area contributed by atoms with Crippen molar-refractivity contribution in [1.82, 2.24) is 0 Å². The van der Waals surface area contributed by atoms with E-state index in [9.17, 15) is 4.79 Å². The van der Waals surface area contributed by atoms with Crippen LogP contribution in [-0.4, -0.2) is 5.78 Å². The number of nitriles is 1. The van der Waals surface area contributed by atoms with Crippen molar-refractivity contribution in [3.63, 3.8) is 0 Å². The van der Waals surface area contributed by atoms with Crippen LogP contribution in [0.5, 0.6) is 0 Å². The van der Waals surface area contributed by atoms with Crippen LogP contribution in [0, 0.1) is 30.1 Å². The Morgan fingerprint density at radius 3 is 1.96 bits per heavy atom. The lowest BCUT2D eigenvalue weighted by molar-refractivity contribution is -0.123. The summed E-state index contributed by atoms with van der Waals surface area (Å²) >= 11 is 0. The van der Waals surface area contributed by atoms with Gasteiger partial charge in [-0.2, -0.15) is 5.26 Å². The van der Waals surface area contributed by atoms with Gasteiger partial charge in [0.1, 0.15) is 5.78 Å². The molecule has 1 aromatic carbocycles. The number of hydrogen-bond donors (Lipinski definition) is 0. The Labute approximate surface area is 144 Å². The van der Waals surface area contributed by atoms with Crippen LogP contribution < -0.4 is 0 Å². The summed E-state index contributed by atoms with van der Waals surface area (Å²) in [4.78, 5) is 11.1. The second-order valence-electron chi connectivity index (χ2n) is 4.98. The molecule has 2 heteroatoms. The first-order valence-corrected chi connectivity index (χ1v) is 8.95. The van der Waals surface area contributed by atoms with Crippen molar-refractivity contribution in [3.8, 4) is 6.07 Å². The molecule has 0 bridgehead atoms. The van der Waals surface area contributed by atoms with Crippen molar-refractivity contribution in [2.45, 2.75) is 75.2 Å². The smallest absolute Gasteiger partial charge is 0.135 e. The summed E-state index contributed by atoms with van der Waals surface area (Å²) in [6.07, 6.45) is 1.79. The van der Waals surface area contributed by atoms with Gasteiger partial charge in [-0.3, -0.25) is 4.79 Å². The highest BCUT2D eigenvalue weighted by molar-refractivity contribution is 5.80. The monoisotopic (exact) mass is 319 g/mol. The van der Waals surface area contributed by atoms with Crippen LogP contribution in [0.1, 0.15) is 79.4 Å². The van der Waals surface area contributed by atoms with Crippen molar-refractivity contribution in [2.24, 2.45) is 11.8 Å². The molecule has 0 radical (unpaired) electrons. The van der Waals surface area contributed by atoms with Gasteiger partial charge < -0.3 is 0 Å². The molecular formula is C21H37NO. The Bertz CT molecular complexity index is 432. The summed E-state index contributed by atoms with van der Waals surface area (Å²) in [5.41, 5.74) is 1.86. The van der Waals surface area contributed by atoms with Gasteiger partial charge in [0.25, 0.3) is 0 Å². The minimum atomic E-state index is 0.259. The van der Waals surface area contributed by atoms with Crippen molar-refractivity contribution in [2.75, 3.05) is 0 Å². The fourth-order valence-corrected chi connectivity index (χ4v) is 1.71. The number of hydrogen-bond acceptors (Lipinski definition) is 2. The molecule has 0 saturated heterocycles. The largest absolute Gasteiger partial charge is 0.299 e. The number of Topliss-reactive ketones (excluding diaryl/α,β-unsaturated/α-hetero) is 1. The highest BCUT2D eigenvalue weighted by Gasteiger charge is 2.16. The average molecular weight is 320 g/mol. The Morgan fingerprint density at radius 1 is 1.13 bits per heavy atom. The number of nitrogens with zero attached hydrogens (tertiary/aromatic N) is 1. The van der Waals surface area contributed by atoms with Gasteiger partial charge in [0, 0.05) is 12.3 Å². The van der Waals surface area contributed by atoms with Gasteiger partial charge in [0.15, 0.2) is 0 Å². The van der Waals surface area contributed by atoms with Crippen molar-refractivity contribution in [1.29, 1.82) is 5.26 Å². The third-order valence-electron chi connectivity index (χ3n) is 3.50. The van der Waals surface area contributed by atoms with Crippen molar-refractivity contribution in [3.05, 3.63) is 35.4 Å². The summed E-state index contributed by atoms with van der Waals surface area (Å²) in [7, 11) is 0. The molecule has 1 aromatic rings. The zero-order valence-electron chi connectivity index (χ0n) is 16.7. The van der Waals surface area contributed by atoms with E-state index in [1.54, 1.807) is 6.07 Å². The second kappa shape index (κ2) is 18.4. The Hall–Kier alpha value is -1.62. The highest BCUT2D eigenvalue weighted by atomic mass is 16.1.